The van der Waals surface area contributed by atoms with Crippen molar-refractivity contribution in [3.05, 3.63) is 65.9 Å². The standard InChI is InChI=1S/C23H18NO.Ir/c1-2-4-22-17(3-1)18-10-9-16(11-23(18)25-22)21-12-19-14-5-7-15(8-6-14)20(19)13-24-21;/h1-4,10-15H,5-8H2;/q-1;. The molecule has 2 bridgehead atoms. The molecule has 0 aliphatic heterocycles. The first-order valence-electron chi connectivity index (χ1n) is 9.20. The molecule has 0 amide bonds. The summed E-state index contributed by atoms with van der Waals surface area (Å²) in [6.07, 6.45) is 7.49. The first-order chi connectivity index (χ1) is 12.4. The van der Waals surface area contributed by atoms with Crippen LogP contribution >= 0.6 is 0 Å². The molecule has 1 saturated carbocycles. The molecule has 26 heavy (non-hydrogen) atoms. The molecule has 2 nitrogen and oxygen atoms in total. The summed E-state index contributed by atoms with van der Waals surface area (Å²) in [5.41, 5.74) is 6.92. The van der Waals surface area contributed by atoms with Crippen molar-refractivity contribution in [3.8, 4) is 11.3 Å². The maximum Gasteiger partial charge on any atom is 0.123 e. The Kier molecular flexibility index (Phi) is 3.77. The van der Waals surface area contributed by atoms with E-state index < -0.39 is 0 Å². The van der Waals surface area contributed by atoms with Gasteiger partial charge in [-0.2, -0.15) is 0 Å². The summed E-state index contributed by atoms with van der Waals surface area (Å²) in [4.78, 5) is 4.77. The van der Waals surface area contributed by atoms with Crippen LogP contribution in [0.3, 0.4) is 0 Å². The predicted molar refractivity (Wildman–Crippen MR) is 99.7 cm³/mol. The number of benzene rings is 2. The summed E-state index contributed by atoms with van der Waals surface area (Å²) in [6, 6.07) is 18.1. The monoisotopic (exact) mass is 517 g/mol. The van der Waals surface area contributed by atoms with Crippen molar-refractivity contribution in [1.29, 1.82) is 0 Å². The Hall–Kier alpha value is -1.96. The second-order valence-corrected chi connectivity index (χ2v) is 7.47. The molecule has 3 heteroatoms. The quantitative estimate of drug-likeness (QED) is 0.282. The summed E-state index contributed by atoms with van der Waals surface area (Å²) in [7, 11) is 0. The second-order valence-electron chi connectivity index (χ2n) is 7.47. The molecular weight excluding hydrogens is 498 g/mol. The number of hydrogen-bond donors (Lipinski definition) is 0. The molecule has 7 rings (SSSR count). The van der Waals surface area contributed by atoms with E-state index in [1.165, 1.54) is 36.8 Å². The van der Waals surface area contributed by atoms with Crippen LogP contribution in [0.2, 0.25) is 0 Å². The maximum absolute atomic E-state index is 6.03. The van der Waals surface area contributed by atoms with Crippen molar-refractivity contribution in [2.75, 3.05) is 0 Å². The zero-order chi connectivity index (χ0) is 16.4. The van der Waals surface area contributed by atoms with Gasteiger partial charge < -0.3 is 9.40 Å². The van der Waals surface area contributed by atoms with Gasteiger partial charge in [0.25, 0.3) is 0 Å². The van der Waals surface area contributed by atoms with E-state index in [-0.39, 0.29) is 20.1 Å². The van der Waals surface area contributed by atoms with Gasteiger partial charge in [-0.15, -0.1) is 17.7 Å². The van der Waals surface area contributed by atoms with Crippen molar-refractivity contribution in [1.82, 2.24) is 4.98 Å². The van der Waals surface area contributed by atoms with Crippen LogP contribution in [0.25, 0.3) is 33.2 Å². The number of para-hydroxylation sites is 1. The topological polar surface area (TPSA) is 26.0 Å². The Morgan fingerprint density at radius 3 is 2.50 bits per heavy atom. The van der Waals surface area contributed by atoms with Crippen molar-refractivity contribution >= 4 is 21.9 Å². The molecule has 2 aromatic heterocycles. The van der Waals surface area contributed by atoms with Gasteiger partial charge in [-0.25, -0.2) is 0 Å². The first-order valence-corrected chi connectivity index (χ1v) is 9.20. The number of nitrogens with zero attached hydrogens (tertiary/aromatic N) is 1. The van der Waals surface area contributed by atoms with Gasteiger partial charge >= 0.3 is 0 Å². The molecule has 131 valence electrons. The Morgan fingerprint density at radius 1 is 0.885 bits per heavy atom. The Bertz CT molecular complexity index is 1120. The first kappa shape index (κ1) is 16.2. The van der Waals surface area contributed by atoms with Crippen LogP contribution in [0.15, 0.2) is 53.1 Å². The Balaban J connectivity index is 0.00000150. The molecule has 0 atom stereocenters. The molecule has 1 radical (unpaired) electrons. The van der Waals surface area contributed by atoms with Crippen molar-refractivity contribution in [3.63, 3.8) is 0 Å². The summed E-state index contributed by atoms with van der Waals surface area (Å²) < 4.78 is 6.03. The van der Waals surface area contributed by atoms with Gasteiger partial charge in [0.05, 0.1) is 5.58 Å². The second kappa shape index (κ2) is 6.04. The average Bonchev–Trinajstić information content (AvgIpc) is 3.06. The van der Waals surface area contributed by atoms with Gasteiger partial charge in [0.1, 0.15) is 5.58 Å². The van der Waals surface area contributed by atoms with Gasteiger partial charge in [-0.3, -0.25) is 0 Å². The molecule has 3 aliphatic carbocycles. The molecule has 0 saturated heterocycles. The third kappa shape index (κ3) is 2.31. The number of furan rings is 1. The van der Waals surface area contributed by atoms with E-state index in [2.05, 4.69) is 30.5 Å². The number of fused-ring (bicyclic) bond motifs is 5. The zero-order valence-electron chi connectivity index (χ0n) is 14.3. The fourth-order valence-electron chi connectivity index (χ4n) is 4.85. The molecule has 2 heterocycles. The predicted octanol–water partition coefficient (Wildman–Crippen LogP) is 6.20. The summed E-state index contributed by atoms with van der Waals surface area (Å²) >= 11 is 0. The largest absolute Gasteiger partial charge is 0.476 e. The van der Waals surface area contributed by atoms with Gasteiger partial charge in [0, 0.05) is 26.3 Å². The van der Waals surface area contributed by atoms with Crippen molar-refractivity contribution in [2.24, 2.45) is 0 Å². The van der Waals surface area contributed by atoms with Gasteiger partial charge in [0.2, 0.25) is 0 Å². The molecule has 0 N–H and O–H groups in total. The molecule has 4 aromatic rings. The minimum atomic E-state index is 0. The van der Waals surface area contributed by atoms with E-state index >= 15 is 0 Å². The molecule has 2 aromatic carbocycles. The van der Waals surface area contributed by atoms with E-state index in [9.17, 15) is 0 Å². The van der Waals surface area contributed by atoms with E-state index in [0.29, 0.717) is 0 Å². The zero-order valence-corrected chi connectivity index (χ0v) is 16.7. The van der Waals surface area contributed by atoms with Crippen molar-refractivity contribution in [2.45, 2.75) is 37.5 Å². The van der Waals surface area contributed by atoms with Crippen LogP contribution in [0.4, 0.5) is 0 Å². The smallest absolute Gasteiger partial charge is 0.123 e. The molecular formula is C23H18IrNO-. The van der Waals surface area contributed by atoms with Crippen LogP contribution < -0.4 is 0 Å². The molecule has 1 fully saturated rings. The number of pyridine rings is 1. The minimum absolute atomic E-state index is 0. The number of rotatable bonds is 1. The van der Waals surface area contributed by atoms with Crippen LogP contribution in [-0.4, -0.2) is 4.98 Å². The van der Waals surface area contributed by atoms with Gasteiger partial charge in [0.15, 0.2) is 0 Å². The third-order valence-electron chi connectivity index (χ3n) is 6.16. The Morgan fingerprint density at radius 2 is 1.65 bits per heavy atom. The molecule has 0 unspecified atom stereocenters. The number of aromatic nitrogens is 1. The fraction of sp³-hybridized carbons (Fsp3) is 0.261. The van der Waals surface area contributed by atoms with Crippen LogP contribution in [0.1, 0.15) is 48.6 Å². The number of hydrogen-bond acceptors (Lipinski definition) is 2. The summed E-state index contributed by atoms with van der Waals surface area (Å²) in [5, 5.41) is 2.27. The van der Waals surface area contributed by atoms with Crippen LogP contribution in [-0.2, 0) is 20.1 Å². The van der Waals surface area contributed by atoms with Crippen LogP contribution in [0.5, 0.6) is 0 Å². The van der Waals surface area contributed by atoms with E-state index in [1.54, 1.807) is 0 Å². The third-order valence-corrected chi connectivity index (χ3v) is 6.16. The van der Waals surface area contributed by atoms with Crippen molar-refractivity contribution < 1.29 is 24.5 Å². The minimum Gasteiger partial charge on any atom is -0.476 e. The SMILES string of the molecule is [Ir].[c-]1cc2c(cc1-c1cc3c(cn1)C1CCC3CC1)oc1ccccc12. The normalized spacial score (nSPS) is 20.9. The van der Waals surface area contributed by atoms with E-state index in [4.69, 9.17) is 9.40 Å². The molecule has 3 aliphatic rings. The molecule has 0 spiro atoms. The van der Waals surface area contributed by atoms with Crippen LogP contribution in [0, 0.1) is 6.07 Å². The maximum atomic E-state index is 6.03. The van der Waals surface area contributed by atoms with E-state index in [0.717, 1.165) is 45.0 Å². The van der Waals surface area contributed by atoms with Gasteiger partial charge in [-0.05, 0) is 65.8 Å². The fourth-order valence-corrected chi connectivity index (χ4v) is 4.85. The summed E-state index contributed by atoms with van der Waals surface area (Å²) in [6.45, 7) is 0. The van der Waals surface area contributed by atoms with E-state index in [1.807, 2.05) is 24.3 Å². The summed E-state index contributed by atoms with van der Waals surface area (Å²) in [5.74, 6) is 1.47. The average molecular weight is 517 g/mol. The van der Waals surface area contributed by atoms with Gasteiger partial charge in [-0.1, -0.05) is 35.7 Å². The Labute approximate surface area is 166 Å².